The van der Waals surface area contributed by atoms with Crippen molar-refractivity contribution in [1.29, 1.82) is 0 Å². The Labute approximate surface area is 89.9 Å². The molecule has 0 saturated heterocycles. The third kappa shape index (κ3) is 3.29. The molecule has 3 heteroatoms. The van der Waals surface area contributed by atoms with Gasteiger partial charge in [-0.25, -0.2) is 0 Å². The van der Waals surface area contributed by atoms with E-state index in [1.807, 2.05) is 24.3 Å². The average Bonchev–Trinajstić information content (AvgIpc) is 2.19. The summed E-state index contributed by atoms with van der Waals surface area (Å²) in [5, 5.41) is 12.7. The highest BCUT2D eigenvalue weighted by Crippen LogP contribution is 2.19. The Hall–Kier alpha value is -0.570. The number of nitrogens with one attached hydrogen (secondary N) is 1. The molecule has 0 bridgehead atoms. The summed E-state index contributed by atoms with van der Waals surface area (Å²) in [5.74, 6) is 0. The molecule has 0 fully saturated rings. The molecule has 0 spiro atoms. The van der Waals surface area contributed by atoms with Gasteiger partial charge in [-0.2, -0.15) is 0 Å². The van der Waals surface area contributed by atoms with Gasteiger partial charge in [0.05, 0.1) is 6.61 Å². The summed E-state index contributed by atoms with van der Waals surface area (Å²) in [5.41, 5.74) is 1.17. The molecule has 1 aromatic carbocycles. The molecule has 14 heavy (non-hydrogen) atoms. The number of hydrogen-bond acceptors (Lipinski definition) is 2. The molecule has 0 unspecified atom stereocenters. The molecule has 1 aromatic rings. The smallest absolute Gasteiger partial charge is 0.0556 e. The molecule has 0 aliphatic rings. The molecule has 2 nitrogen and oxygen atoms in total. The van der Waals surface area contributed by atoms with Gasteiger partial charge >= 0.3 is 0 Å². The van der Waals surface area contributed by atoms with E-state index in [0.29, 0.717) is 6.54 Å². The van der Waals surface area contributed by atoms with E-state index in [2.05, 4.69) is 12.2 Å². The number of hydrogen-bond donors (Lipinski definition) is 2. The lowest BCUT2D eigenvalue weighted by molar-refractivity contribution is 0.283. The van der Waals surface area contributed by atoms with Crippen molar-refractivity contribution in [1.82, 2.24) is 5.32 Å². The van der Waals surface area contributed by atoms with Gasteiger partial charge in [-0.15, -0.1) is 0 Å². The Morgan fingerprint density at radius 1 is 1.50 bits per heavy atom. The first-order valence-corrected chi connectivity index (χ1v) is 5.25. The second-order valence-corrected chi connectivity index (χ2v) is 3.63. The fraction of sp³-hybridized carbons (Fsp3) is 0.455. The van der Waals surface area contributed by atoms with Crippen LogP contribution >= 0.6 is 11.6 Å². The maximum atomic E-state index is 8.72. The molecule has 78 valence electrons. The van der Waals surface area contributed by atoms with Crippen LogP contribution in [0.4, 0.5) is 0 Å². The van der Waals surface area contributed by atoms with Crippen molar-refractivity contribution < 1.29 is 5.11 Å². The first-order chi connectivity index (χ1) is 6.77. The van der Waals surface area contributed by atoms with E-state index < -0.39 is 0 Å². The molecule has 0 amide bonds. The van der Waals surface area contributed by atoms with Crippen molar-refractivity contribution in [3.63, 3.8) is 0 Å². The Morgan fingerprint density at radius 2 is 2.29 bits per heavy atom. The van der Waals surface area contributed by atoms with E-state index >= 15 is 0 Å². The van der Waals surface area contributed by atoms with Gasteiger partial charge < -0.3 is 10.4 Å². The third-order valence-electron chi connectivity index (χ3n) is 2.16. The Morgan fingerprint density at radius 3 is 2.86 bits per heavy atom. The maximum absolute atomic E-state index is 8.72. The molecule has 1 rings (SSSR count). The van der Waals surface area contributed by atoms with Gasteiger partial charge in [0.1, 0.15) is 0 Å². The van der Waals surface area contributed by atoms with Gasteiger partial charge in [-0.3, -0.25) is 0 Å². The summed E-state index contributed by atoms with van der Waals surface area (Å²) >= 11 is 5.90. The van der Waals surface area contributed by atoms with Gasteiger partial charge in [-0.05, 0) is 24.1 Å². The third-order valence-corrected chi connectivity index (χ3v) is 2.40. The summed E-state index contributed by atoms with van der Waals surface area (Å²) in [6.45, 7) is 2.89. The first-order valence-electron chi connectivity index (χ1n) is 4.87. The summed E-state index contributed by atoms with van der Waals surface area (Å²) in [6, 6.07) is 8.09. The van der Waals surface area contributed by atoms with E-state index in [-0.39, 0.29) is 12.6 Å². The SMILES string of the molecule is CC[C@@H](NCCO)c1cccc(Cl)c1. The Bertz CT molecular complexity index is 278. The second kappa shape index (κ2) is 6.02. The zero-order chi connectivity index (χ0) is 10.4. The van der Waals surface area contributed by atoms with Gasteiger partial charge in [-0.1, -0.05) is 30.7 Å². The molecular formula is C11H16ClNO. The molecule has 1 atom stereocenters. The summed E-state index contributed by atoms with van der Waals surface area (Å²) in [4.78, 5) is 0. The normalized spacial score (nSPS) is 12.8. The van der Waals surface area contributed by atoms with E-state index in [9.17, 15) is 0 Å². The lowest BCUT2D eigenvalue weighted by Crippen LogP contribution is -2.23. The van der Waals surface area contributed by atoms with Gasteiger partial charge in [0.2, 0.25) is 0 Å². The van der Waals surface area contributed by atoms with Crippen molar-refractivity contribution >= 4 is 11.6 Å². The van der Waals surface area contributed by atoms with Crippen LogP contribution in [0.3, 0.4) is 0 Å². The van der Waals surface area contributed by atoms with Gasteiger partial charge in [0.15, 0.2) is 0 Å². The van der Waals surface area contributed by atoms with Crippen LogP contribution in [-0.4, -0.2) is 18.3 Å². The highest BCUT2D eigenvalue weighted by Gasteiger charge is 2.07. The predicted octanol–water partition coefficient (Wildman–Crippen LogP) is 2.37. The molecule has 0 radical (unpaired) electrons. The Balaban J connectivity index is 2.68. The predicted molar refractivity (Wildman–Crippen MR) is 59.6 cm³/mol. The van der Waals surface area contributed by atoms with Gasteiger partial charge in [0.25, 0.3) is 0 Å². The van der Waals surface area contributed by atoms with Crippen molar-refractivity contribution in [2.75, 3.05) is 13.2 Å². The molecule has 0 saturated carbocycles. The fourth-order valence-electron chi connectivity index (χ4n) is 1.46. The summed E-state index contributed by atoms with van der Waals surface area (Å²) in [6.07, 6.45) is 0.986. The van der Waals surface area contributed by atoms with Crippen LogP contribution in [0.2, 0.25) is 5.02 Å². The molecule has 0 aromatic heterocycles. The maximum Gasteiger partial charge on any atom is 0.0556 e. The topological polar surface area (TPSA) is 32.3 Å². The fourth-order valence-corrected chi connectivity index (χ4v) is 1.66. The standard InChI is InChI=1S/C11H16ClNO/c1-2-11(13-6-7-14)9-4-3-5-10(12)8-9/h3-5,8,11,13-14H,2,6-7H2,1H3/t11-/m1/s1. The van der Waals surface area contributed by atoms with Crippen LogP contribution in [0.15, 0.2) is 24.3 Å². The van der Waals surface area contributed by atoms with Crippen molar-refractivity contribution in [3.8, 4) is 0 Å². The molecule has 2 N–H and O–H groups in total. The summed E-state index contributed by atoms with van der Waals surface area (Å²) in [7, 11) is 0. The van der Waals surface area contributed by atoms with E-state index in [4.69, 9.17) is 16.7 Å². The van der Waals surface area contributed by atoms with Crippen molar-refractivity contribution in [2.24, 2.45) is 0 Å². The number of aliphatic hydroxyl groups is 1. The second-order valence-electron chi connectivity index (χ2n) is 3.19. The first kappa shape index (κ1) is 11.5. The van der Waals surface area contributed by atoms with Crippen LogP contribution in [0, 0.1) is 0 Å². The monoisotopic (exact) mass is 213 g/mol. The van der Waals surface area contributed by atoms with E-state index in [1.165, 1.54) is 5.56 Å². The average molecular weight is 214 g/mol. The van der Waals surface area contributed by atoms with E-state index in [0.717, 1.165) is 11.4 Å². The van der Waals surface area contributed by atoms with Crippen molar-refractivity contribution in [2.45, 2.75) is 19.4 Å². The number of rotatable bonds is 5. The van der Waals surface area contributed by atoms with Gasteiger partial charge in [0, 0.05) is 17.6 Å². The van der Waals surface area contributed by atoms with Crippen LogP contribution in [0.1, 0.15) is 24.9 Å². The minimum absolute atomic E-state index is 0.164. The summed E-state index contributed by atoms with van der Waals surface area (Å²) < 4.78 is 0. The molecule has 0 aliphatic heterocycles. The molecule has 0 heterocycles. The molecular weight excluding hydrogens is 198 g/mol. The zero-order valence-electron chi connectivity index (χ0n) is 8.33. The van der Waals surface area contributed by atoms with Crippen LogP contribution in [-0.2, 0) is 0 Å². The van der Waals surface area contributed by atoms with Crippen molar-refractivity contribution in [3.05, 3.63) is 34.9 Å². The zero-order valence-corrected chi connectivity index (χ0v) is 9.09. The number of halogens is 1. The highest BCUT2D eigenvalue weighted by atomic mass is 35.5. The number of aliphatic hydroxyl groups excluding tert-OH is 1. The largest absolute Gasteiger partial charge is 0.395 e. The van der Waals surface area contributed by atoms with E-state index in [1.54, 1.807) is 0 Å². The quantitative estimate of drug-likeness (QED) is 0.787. The van der Waals surface area contributed by atoms with Crippen LogP contribution in [0.5, 0.6) is 0 Å². The lowest BCUT2D eigenvalue weighted by Gasteiger charge is -2.16. The number of benzene rings is 1. The van der Waals surface area contributed by atoms with Crippen LogP contribution < -0.4 is 5.32 Å². The lowest BCUT2D eigenvalue weighted by atomic mass is 10.0. The minimum Gasteiger partial charge on any atom is -0.395 e. The molecule has 0 aliphatic carbocycles. The van der Waals surface area contributed by atoms with Crippen LogP contribution in [0.25, 0.3) is 0 Å². The minimum atomic E-state index is 0.164. The Kier molecular flexibility index (Phi) is 4.94. The highest BCUT2D eigenvalue weighted by molar-refractivity contribution is 6.30.